The zero-order chi connectivity index (χ0) is 10.8. The highest BCUT2D eigenvalue weighted by Gasteiger charge is 2.09. The number of nitrogens with one attached hydrogen (secondary N) is 1. The van der Waals surface area contributed by atoms with Crippen LogP contribution in [0.4, 0.5) is 0 Å². The second-order valence-electron chi connectivity index (χ2n) is 4.02. The van der Waals surface area contributed by atoms with E-state index in [0.717, 1.165) is 19.1 Å². The molecule has 0 spiro atoms. The lowest BCUT2D eigenvalue weighted by Crippen LogP contribution is -2.35. The molecule has 2 heteroatoms. The molecule has 1 atom stereocenters. The van der Waals surface area contributed by atoms with Gasteiger partial charge in [-0.1, -0.05) is 20.8 Å². The van der Waals surface area contributed by atoms with Crippen LogP contribution >= 0.6 is 0 Å². The van der Waals surface area contributed by atoms with E-state index in [2.05, 4.69) is 37.9 Å². The van der Waals surface area contributed by atoms with Gasteiger partial charge in [0.15, 0.2) is 0 Å². The fraction of sp³-hybridized carbons (Fsp3) is 1.00. The van der Waals surface area contributed by atoms with Crippen LogP contribution in [0.1, 0.15) is 47.0 Å². The maximum Gasteiger partial charge on any atom is 0.00788 e. The lowest BCUT2D eigenvalue weighted by molar-refractivity contribution is 0.209. The van der Waals surface area contributed by atoms with E-state index in [1.807, 2.05) is 0 Å². The molecule has 0 fully saturated rings. The maximum absolute atomic E-state index is 3.46. The lowest BCUT2D eigenvalue weighted by atomic mass is 10.2. The Morgan fingerprint density at radius 1 is 1.07 bits per heavy atom. The first kappa shape index (κ1) is 13.9. The Labute approximate surface area is 90.1 Å². The minimum Gasteiger partial charge on any atom is -0.317 e. The first-order chi connectivity index (χ1) is 6.76. The van der Waals surface area contributed by atoms with Crippen molar-refractivity contribution in [3.8, 4) is 0 Å². The van der Waals surface area contributed by atoms with E-state index in [1.54, 1.807) is 0 Å². The number of rotatable bonds is 9. The van der Waals surface area contributed by atoms with Crippen LogP contribution in [0.25, 0.3) is 0 Å². The smallest absolute Gasteiger partial charge is 0.00788 e. The molecule has 0 aliphatic carbocycles. The Bertz CT molecular complexity index is 115. The van der Waals surface area contributed by atoms with Gasteiger partial charge in [-0.25, -0.2) is 0 Å². The number of nitrogens with zero attached hydrogens (tertiary/aromatic N) is 1. The van der Waals surface area contributed by atoms with Crippen molar-refractivity contribution in [1.29, 1.82) is 0 Å². The predicted molar refractivity (Wildman–Crippen MR) is 64.8 cm³/mol. The number of hydrogen-bond donors (Lipinski definition) is 1. The molecule has 0 saturated heterocycles. The molecular formula is C12H28N2. The molecule has 0 bridgehead atoms. The summed E-state index contributed by atoms with van der Waals surface area (Å²) < 4.78 is 0. The minimum absolute atomic E-state index is 0.726. The van der Waals surface area contributed by atoms with Crippen LogP contribution in [0.5, 0.6) is 0 Å². The van der Waals surface area contributed by atoms with E-state index >= 15 is 0 Å². The molecule has 0 radical (unpaired) electrons. The summed E-state index contributed by atoms with van der Waals surface area (Å²) in [6.45, 7) is 13.8. The van der Waals surface area contributed by atoms with Gasteiger partial charge in [0.1, 0.15) is 0 Å². The maximum atomic E-state index is 3.46. The van der Waals surface area contributed by atoms with E-state index in [9.17, 15) is 0 Å². The quantitative estimate of drug-likeness (QED) is 0.575. The van der Waals surface area contributed by atoms with Crippen LogP contribution in [0, 0.1) is 0 Å². The fourth-order valence-electron chi connectivity index (χ4n) is 1.77. The van der Waals surface area contributed by atoms with Crippen LogP contribution < -0.4 is 5.32 Å². The van der Waals surface area contributed by atoms with Gasteiger partial charge in [0, 0.05) is 6.04 Å². The van der Waals surface area contributed by atoms with E-state index in [4.69, 9.17) is 0 Å². The van der Waals surface area contributed by atoms with Gasteiger partial charge in [-0.05, 0) is 52.4 Å². The van der Waals surface area contributed by atoms with Crippen molar-refractivity contribution in [2.75, 3.05) is 26.2 Å². The van der Waals surface area contributed by atoms with Gasteiger partial charge in [-0.3, -0.25) is 0 Å². The first-order valence-corrected chi connectivity index (χ1v) is 6.20. The molecule has 0 aliphatic heterocycles. The zero-order valence-corrected chi connectivity index (χ0v) is 10.5. The molecule has 1 unspecified atom stereocenters. The molecule has 86 valence electrons. The molecule has 0 rings (SSSR count). The standard InChI is InChI=1S/C12H28N2/c1-5-9-13-10-8-12(4)14(7-3)11-6-2/h12-13H,5-11H2,1-4H3. The van der Waals surface area contributed by atoms with Crippen molar-refractivity contribution in [1.82, 2.24) is 10.2 Å². The largest absolute Gasteiger partial charge is 0.317 e. The zero-order valence-electron chi connectivity index (χ0n) is 10.5. The molecule has 0 aliphatic rings. The second kappa shape index (κ2) is 9.47. The van der Waals surface area contributed by atoms with Gasteiger partial charge in [0.2, 0.25) is 0 Å². The summed E-state index contributed by atoms with van der Waals surface area (Å²) in [5.41, 5.74) is 0. The SMILES string of the molecule is CCCNCCC(C)N(CC)CCC. The topological polar surface area (TPSA) is 15.3 Å². The van der Waals surface area contributed by atoms with Crippen molar-refractivity contribution < 1.29 is 0 Å². The Morgan fingerprint density at radius 3 is 2.29 bits per heavy atom. The van der Waals surface area contributed by atoms with Crippen LogP contribution in [-0.2, 0) is 0 Å². The average Bonchev–Trinajstić information content (AvgIpc) is 2.20. The van der Waals surface area contributed by atoms with Crippen molar-refractivity contribution >= 4 is 0 Å². The summed E-state index contributed by atoms with van der Waals surface area (Å²) in [5.74, 6) is 0. The molecular weight excluding hydrogens is 172 g/mol. The summed E-state index contributed by atoms with van der Waals surface area (Å²) in [6.07, 6.45) is 3.77. The molecule has 1 N–H and O–H groups in total. The van der Waals surface area contributed by atoms with Crippen molar-refractivity contribution in [3.63, 3.8) is 0 Å². The minimum atomic E-state index is 0.726. The third kappa shape index (κ3) is 6.39. The molecule has 0 heterocycles. The third-order valence-electron chi connectivity index (χ3n) is 2.71. The Hall–Kier alpha value is -0.0800. The molecule has 14 heavy (non-hydrogen) atoms. The Kier molecular flexibility index (Phi) is 9.42. The molecule has 0 amide bonds. The predicted octanol–water partition coefficient (Wildman–Crippen LogP) is 2.50. The van der Waals surface area contributed by atoms with Crippen molar-refractivity contribution in [2.45, 2.75) is 53.0 Å². The van der Waals surface area contributed by atoms with E-state index in [1.165, 1.54) is 32.4 Å². The van der Waals surface area contributed by atoms with Gasteiger partial charge in [0.25, 0.3) is 0 Å². The van der Waals surface area contributed by atoms with Gasteiger partial charge in [-0.2, -0.15) is 0 Å². The van der Waals surface area contributed by atoms with Crippen LogP contribution in [-0.4, -0.2) is 37.1 Å². The second-order valence-corrected chi connectivity index (χ2v) is 4.02. The summed E-state index contributed by atoms with van der Waals surface area (Å²) in [5, 5.41) is 3.46. The van der Waals surface area contributed by atoms with Gasteiger partial charge in [0.05, 0.1) is 0 Å². The number of hydrogen-bond acceptors (Lipinski definition) is 2. The first-order valence-electron chi connectivity index (χ1n) is 6.20. The fourth-order valence-corrected chi connectivity index (χ4v) is 1.77. The summed E-state index contributed by atoms with van der Waals surface area (Å²) in [6, 6.07) is 0.726. The molecule has 2 nitrogen and oxygen atoms in total. The van der Waals surface area contributed by atoms with E-state index in [0.29, 0.717) is 0 Å². The average molecular weight is 200 g/mol. The van der Waals surface area contributed by atoms with E-state index in [-0.39, 0.29) is 0 Å². The normalized spacial score (nSPS) is 13.5. The third-order valence-corrected chi connectivity index (χ3v) is 2.71. The highest BCUT2D eigenvalue weighted by atomic mass is 15.1. The summed E-state index contributed by atoms with van der Waals surface area (Å²) >= 11 is 0. The highest BCUT2D eigenvalue weighted by Crippen LogP contribution is 2.03. The van der Waals surface area contributed by atoms with Gasteiger partial charge >= 0.3 is 0 Å². The van der Waals surface area contributed by atoms with Crippen LogP contribution in [0.15, 0.2) is 0 Å². The van der Waals surface area contributed by atoms with Crippen molar-refractivity contribution in [3.05, 3.63) is 0 Å². The highest BCUT2D eigenvalue weighted by molar-refractivity contribution is 4.66. The van der Waals surface area contributed by atoms with Gasteiger partial charge < -0.3 is 10.2 Å². The molecule has 0 saturated carbocycles. The van der Waals surface area contributed by atoms with Gasteiger partial charge in [-0.15, -0.1) is 0 Å². The van der Waals surface area contributed by atoms with Crippen LogP contribution in [0.2, 0.25) is 0 Å². The van der Waals surface area contributed by atoms with Crippen molar-refractivity contribution in [2.24, 2.45) is 0 Å². The van der Waals surface area contributed by atoms with E-state index < -0.39 is 0 Å². The summed E-state index contributed by atoms with van der Waals surface area (Å²) in [4.78, 5) is 2.56. The lowest BCUT2D eigenvalue weighted by Gasteiger charge is -2.27. The Balaban J connectivity index is 3.52. The molecule has 0 aromatic carbocycles. The monoisotopic (exact) mass is 200 g/mol. The summed E-state index contributed by atoms with van der Waals surface area (Å²) in [7, 11) is 0. The van der Waals surface area contributed by atoms with Crippen LogP contribution in [0.3, 0.4) is 0 Å². The Morgan fingerprint density at radius 2 is 1.79 bits per heavy atom. The molecule has 0 aromatic rings. The molecule has 0 aromatic heterocycles.